The van der Waals surface area contributed by atoms with E-state index in [1.54, 1.807) is 78.1 Å². The van der Waals surface area contributed by atoms with Crippen molar-refractivity contribution < 1.29 is 24.2 Å². The molecule has 8 aromatic heterocycles. The number of nitrogen functional groups attached to an aromatic ring is 1. The molecule has 20 heteroatoms. The van der Waals surface area contributed by atoms with Crippen molar-refractivity contribution in [1.82, 2.24) is 50.3 Å². The summed E-state index contributed by atoms with van der Waals surface area (Å²) in [7, 11) is 1.38. The van der Waals surface area contributed by atoms with E-state index in [1.807, 2.05) is 122 Å². The maximum absolute atomic E-state index is 12.8. The molecule has 0 bridgehead atoms. The van der Waals surface area contributed by atoms with Crippen molar-refractivity contribution in [3.05, 3.63) is 201 Å². The summed E-state index contributed by atoms with van der Waals surface area (Å²) in [5.41, 5.74) is 20.2. The Balaban J connectivity index is 0.000000152. The number of H-pyrrole nitrogens is 2. The number of carboxylic acid groups (broad SMARTS) is 1. The normalized spacial score (nSPS) is 11.0. The molecule has 0 radical (unpaired) electrons. The Kier molecular flexibility index (Phi) is 19.1. The lowest BCUT2D eigenvalue weighted by molar-refractivity contribution is 0.0599. The van der Waals surface area contributed by atoms with Crippen molar-refractivity contribution >= 4 is 63.5 Å². The SMILES string of the molecule is CC(C)(C)c1cc(N)n[nH]1.COC(=O)c1ccc(C)c(-c2csc(-c3cccnc3)n2)c1.Cc1ccc(C(=O)Nc2cc(C(C)(C)C)[nH]n2)cc1-c1csc(-c2cccnc2)n1.Cc1ccc(C(=O)O)cc1-c1csc(-c2cccnc2)n1. The summed E-state index contributed by atoms with van der Waals surface area (Å²) in [5.74, 6) is -0.404. The highest BCUT2D eigenvalue weighted by Gasteiger charge is 2.20. The van der Waals surface area contributed by atoms with E-state index in [-0.39, 0.29) is 28.3 Å². The minimum atomic E-state index is -0.932. The van der Waals surface area contributed by atoms with Crippen molar-refractivity contribution in [2.75, 3.05) is 18.2 Å². The third kappa shape index (κ3) is 15.6. The predicted octanol–water partition coefficient (Wildman–Crippen LogP) is 14.6. The number of esters is 1. The first-order chi connectivity index (χ1) is 39.6. The molecule has 0 saturated carbocycles. The van der Waals surface area contributed by atoms with Crippen LogP contribution in [0.4, 0.5) is 11.6 Å². The van der Waals surface area contributed by atoms with Crippen LogP contribution in [0.25, 0.3) is 65.5 Å². The lowest BCUT2D eigenvalue weighted by Crippen LogP contribution is -2.13. The monoisotopic (exact) mass is 1160 g/mol. The van der Waals surface area contributed by atoms with E-state index < -0.39 is 5.97 Å². The molecule has 11 rings (SSSR count). The fraction of sp³-hybridized carbons (Fsp3) is 0.190. The zero-order valence-corrected chi connectivity index (χ0v) is 49.9. The summed E-state index contributed by atoms with van der Waals surface area (Å²) in [6.07, 6.45) is 10.6. The van der Waals surface area contributed by atoms with Gasteiger partial charge in [-0.25, -0.2) is 24.5 Å². The maximum Gasteiger partial charge on any atom is 0.337 e. The quantitative estimate of drug-likeness (QED) is 0.0799. The number of benzene rings is 3. The van der Waals surface area contributed by atoms with Crippen LogP contribution >= 0.6 is 34.0 Å². The van der Waals surface area contributed by atoms with Gasteiger partial charge in [-0.2, -0.15) is 10.2 Å². The fourth-order valence-electron chi connectivity index (χ4n) is 7.95. The molecule has 1 amide bonds. The number of carbonyl (C=O) groups excluding carboxylic acids is 2. The van der Waals surface area contributed by atoms with Gasteiger partial charge in [0.15, 0.2) is 5.82 Å². The minimum absolute atomic E-state index is 0.0659. The molecule has 83 heavy (non-hydrogen) atoms. The number of nitrogens with one attached hydrogen (secondary N) is 3. The number of anilines is 2. The Hall–Kier alpha value is -9.37. The van der Waals surface area contributed by atoms with Gasteiger partial charge in [-0.3, -0.25) is 29.9 Å². The molecule has 17 nitrogen and oxygen atoms in total. The number of aromatic nitrogens is 10. The largest absolute Gasteiger partial charge is 0.478 e. The summed E-state index contributed by atoms with van der Waals surface area (Å²) in [6, 6.07) is 31.5. The van der Waals surface area contributed by atoms with Crippen LogP contribution in [0.15, 0.2) is 156 Å². The van der Waals surface area contributed by atoms with Gasteiger partial charge in [0.25, 0.3) is 5.91 Å². The van der Waals surface area contributed by atoms with Crippen LogP contribution in [0, 0.1) is 20.8 Å². The lowest BCUT2D eigenvalue weighted by atomic mass is 9.92. The molecule has 0 fully saturated rings. The van der Waals surface area contributed by atoms with E-state index in [0.717, 1.165) is 93.6 Å². The molecule has 6 N–H and O–H groups in total. The predicted molar refractivity (Wildman–Crippen MR) is 332 cm³/mol. The van der Waals surface area contributed by atoms with Gasteiger partial charge in [-0.15, -0.1) is 34.0 Å². The van der Waals surface area contributed by atoms with E-state index in [0.29, 0.717) is 22.8 Å². The van der Waals surface area contributed by atoms with Crippen LogP contribution in [0.5, 0.6) is 0 Å². The maximum atomic E-state index is 12.8. The summed E-state index contributed by atoms with van der Waals surface area (Å²) >= 11 is 4.64. The number of aromatic amines is 2. The van der Waals surface area contributed by atoms with Crippen LogP contribution in [-0.4, -0.2) is 80.4 Å². The Morgan fingerprint density at radius 1 is 0.542 bits per heavy atom. The average Bonchev–Trinajstić information content (AvgIpc) is 4.50. The van der Waals surface area contributed by atoms with Crippen LogP contribution in [0.2, 0.25) is 0 Å². The molecule has 0 aliphatic carbocycles. The van der Waals surface area contributed by atoms with Gasteiger partial charge in [-0.05, 0) is 110 Å². The molecule has 3 aromatic carbocycles. The Morgan fingerprint density at radius 2 is 0.940 bits per heavy atom. The summed E-state index contributed by atoms with van der Waals surface area (Å²) in [5, 5.41) is 34.5. The number of thiazole rings is 3. The number of hydrogen-bond acceptors (Lipinski definition) is 16. The number of amides is 1. The van der Waals surface area contributed by atoms with E-state index in [9.17, 15) is 14.4 Å². The smallest absolute Gasteiger partial charge is 0.337 e. The third-order valence-corrected chi connectivity index (χ3v) is 15.4. The molecule has 422 valence electrons. The molecule has 11 aromatic rings. The molecular formula is C63H62N12O5S3. The summed E-state index contributed by atoms with van der Waals surface area (Å²) in [6.45, 7) is 18.6. The number of hydrogen-bond donors (Lipinski definition) is 5. The van der Waals surface area contributed by atoms with Crippen molar-refractivity contribution in [2.24, 2.45) is 0 Å². The molecule has 0 unspecified atom stereocenters. The van der Waals surface area contributed by atoms with E-state index in [1.165, 1.54) is 18.4 Å². The molecular weight excluding hydrogens is 1100 g/mol. The van der Waals surface area contributed by atoms with Crippen LogP contribution in [0.1, 0.15) is 101 Å². The first-order valence-corrected chi connectivity index (χ1v) is 28.7. The van der Waals surface area contributed by atoms with Crippen molar-refractivity contribution in [3.8, 4) is 65.5 Å². The number of carboxylic acids is 1. The first-order valence-electron chi connectivity index (χ1n) is 26.1. The van der Waals surface area contributed by atoms with Crippen molar-refractivity contribution in [3.63, 3.8) is 0 Å². The summed E-state index contributed by atoms with van der Waals surface area (Å²) in [4.78, 5) is 62.0. The van der Waals surface area contributed by atoms with E-state index in [2.05, 4.69) is 92.2 Å². The van der Waals surface area contributed by atoms with Crippen LogP contribution in [-0.2, 0) is 15.6 Å². The molecule has 0 saturated heterocycles. The van der Waals surface area contributed by atoms with E-state index in [4.69, 9.17) is 20.6 Å². The van der Waals surface area contributed by atoms with Gasteiger partial charge in [-0.1, -0.05) is 59.7 Å². The van der Waals surface area contributed by atoms with Crippen molar-refractivity contribution in [2.45, 2.75) is 73.1 Å². The fourth-order valence-corrected chi connectivity index (χ4v) is 10.4. The number of methoxy groups -OCH3 is 1. The second kappa shape index (κ2) is 26.5. The first kappa shape index (κ1) is 59.7. The topological polar surface area (TPSA) is 253 Å². The highest BCUT2D eigenvalue weighted by molar-refractivity contribution is 7.14. The molecule has 0 spiro atoms. The molecule has 8 heterocycles. The summed E-state index contributed by atoms with van der Waals surface area (Å²) < 4.78 is 4.78. The van der Waals surface area contributed by atoms with Gasteiger partial charge < -0.3 is 20.9 Å². The second-order valence-electron chi connectivity index (χ2n) is 21.1. The van der Waals surface area contributed by atoms with Gasteiger partial charge >= 0.3 is 11.9 Å². The molecule has 0 aliphatic heterocycles. The highest BCUT2D eigenvalue weighted by Crippen LogP contribution is 2.34. The van der Waals surface area contributed by atoms with Crippen LogP contribution < -0.4 is 11.1 Å². The Bertz CT molecular complexity index is 3990. The number of rotatable bonds is 10. The Morgan fingerprint density at radius 3 is 1.30 bits per heavy atom. The lowest BCUT2D eigenvalue weighted by Gasteiger charge is -2.14. The molecule has 0 atom stereocenters. The second-order valence-corrected chi connectivity index (χ2v) is 23.6. The molecule has 0 aliphatic rings. The number of nitrogens with two attached hydrogens (primary N) is 1. The average molecular weight is 1160 g/mol. The minimum Gasteiger partial charge on any atom is -0.478 e. The van der Waals surface area contributed by atoms with Gasteiger partial charge in [0.2, 0.25) is 0 Å². The standard InChI is InChI=1S/C23H23N5OS.C17H14N2O2S.C16H12N2O2S.C7H13N3/c1-14-7-8-15(21(29)26-20-11-19(27-28-20)23(2,3)4)10-17(14)18-13-30-22(25-18)16-6-5-9-24-12-16;1-11-5-6-12(17(20)21-2)8-14(11)15-10-22-16(19-15)13-4-3-7-18-9-13;1-10-4-5-11(16(19)20)7-13(10)14-9-21-15(18-14)12-3-2-6-17-8-12;1-7(2,3)5-4-6(8)10-9-5/h5-13H,1-4H3,(H2,26,27,28,29);3-10H,1-2H3;2-9H,1H3,(H,19,20);4H,1-3H3,(H3,8,9,10). The van der Waals surface area contributed by atoms with Gasteiger partial charge in [0, 0.05) is 127 Å². The third-order valence-electron chi connectivity index (χ3n) is 12.7. The van der Waals surface area contributed by atoms with Gasteiger partial charge in [0.1, 0.15) is 20.8 Å². The number of aryl methyl sites for hydroxylation is 3. The number of carbonyl (C=O) groups is 3. The highest BCUT2D eigenvalue weighted by atomic mass is 32.1. The number of ether oxygens (including phenoxy) is 1. The number of nitrogens with zero attached hydrogens (tertiary/aromatic N) is 8. The van der Waals surface area contributed by atoms with Crippen LogP contribution in [0.3, 0.4) is 0 Å². The zero-order valence-electron chi connectivity index (χ0n) is 47.5. The number of pyridine rings is 3. The van der Waals surface area contributed by atoms with E-state index >= 15 is 0 Å². The Labute approximate surface area is 493 Å². The van der Waals surface area contributed by atoms with Crippen molar-refractivity contribution in [1.29, 1.82) is 0 Å². The zero-order chi connectivity index (χ0) is 59.4. The number of aromatic carboxylic acids is 1. The van der Waals surface area contributed by atoms with Gasteiger partial charge in [0.05, 0.1) is 35.3 Å².